The molecule has 1 aliphatic carbocycles. The molecule has 0 amide bonds. The summed E-state index contributed by atoms with van der Waals surface area (Å²) in [5.74, 6) is 1.31. The highest BCUT2D eigenvalue weighted by Gasteiger charge is 2.20. The number of thioether (sulfide) groups is 1. The van der Waals surface area contributed by atoms with Gasteiger partial charge in [-0.3, -0.25) is 4.79 Å². The second-order valence-electron chi connectivity index (χ2n) is 4.01. The summed E-state index contributed by atoms with van der Waals surface area (Å²) in [6.45, 7) is 4.66. The Morgan fingerprint density at radius 1 is 1.50 bits per heavy atom. The molecule has 0 aliphatic heterocycles. The van der Waals surface area contributed by atoms with Crippen molar-refractivity contribution in [2.45, 2.75) is 44.8 Å². The van der Waals surface area contributed by atoms with E-state index in [9.17, 15) is 4.79 Å². The Labute approximate surface area is 90.8 Å². The average molecular weight is 216 g/mol. The first kappa shape index (κ1) is 11.9. The minimum absolute atomic E-state index is 0.0595. The van der Waals surface area contributed by atoms with Gasteiger partial charge in [-0.15, -0.1) is 11.8 Å². The zero-order chi connectivity index (χ0) is 10.4. The maximum Gasteiger partial charge on any atom is 0.315 e. The van der Waals surface area contributed by atoms with Gasteiger partial charge < -0.3 is 4.74 Å². The van der Waals surface area contributed by atoms with Gasteiger partial charge in [0, 0.05) is 5.25 Å². The molecular weight excluding hydrogens is 196 g/mol. The smallest absolute Gasteiger partial charge is 0.315 e. The maximum atomic E-state index is 11.1. The summed E-state index contributed by atoms with van der Waals surface area (Å²) in [7, 11) is 0. The van der Waals surface area contributed by atoms with Gasteiger partial charge in [-0.05, 0) is 25.7 Å². The van der Waals surface area contributed by atoms with Crippen LogP contribution >= 0.6 is 11.8 Å². The van der Waals surface area contributed by atoms with Crippen LogP contribution in [0.4, 0.5) is 0 Å². The van der Waals surface area contributed by atoms with Crippen molar-refractivity contribution in [1.82, 2.24) is 0 Å². The Bertz CT molecular complexity index is 182. The lowest BCUT2D eigenvalue weighted by Gasteiger charge is -2.25. The molecular formula is C11H20O2S. The van der Waals surface area contributed by atoms with Crippen LogP contribution < -0.4 is 0 Å². The van der Waals surface area contributed by atoms with E-state index in [1.54, 1.807) is 11.8 Å². The third kappa shape index (κ3) is 4.36. The lowest BCUT2D eigenvalue weighted by Crippen LogP contribution is -2.17. The van der Waals surface area contributed by atoms with Crippen LogP contribution in [0.5, 0.6) is 0 Å². The number of esters is 1. The second-order valence-corrected chi connectivity index (χ2v) is 5.30. The fourth-order valence-electron chi connectivity index (χ4n) is 1.92. The molecule has 0 spiro atoms. The average Bonchev–Trinajstić information content (AvgIpc) is 2.15. The monoisotopic (exact) mass is 216 g/mol. The number of rotatable bonds is 4. The van der Waals surface area contributed by atoms with E-state index in [4.69, 9.17) is 4.74 Å². The van der Waals surface area contributed by atoms with Gasteiger partial charge in [-0.2, -0.15) is 0 Å². The molecule has 1 saturated carbocycles. The molecule has 1 fully saturated rings. The predicted molar refractivity (Wildman–Crippen MR) is 60.5 cm³/mol. The molecule has 0 bridgehead atoms. The molecule has 2 atom stereocenters. The van der Waals surface area contributed by atoms with Gasteiger partial charge in [0.25, 0.3) is 0 Å². The molecule has 14 heavy (non-hydrogen) atoms. The van der Waals surface area contributed by atoms with Crippen LogP contribution in [0.15, 0.2) is 0 Å². The van der Waals surface area contributed by atoms with Crippen LogP contribution in [0.2, 0.25) is 0 Å². The van der Waals surface area contributed by atoms with Crippen LogP contribution in [-0.2, 0) is 9.53 Å². The van der Waals surface area contributed by atoms with Gasteiger partial charge in [0.2, 0.25) is 0 Å². The summed E-state index contributed by atoms with van der Waals surface area (Å²) in [4.78, 5) is 11.1. The highest BCUT2D eigenvalue weighted by molar-refractivity contribution is 8.00. The van der Waals surface area contributed by atoms with Gasteiger partial charge in [0.1, 0.15) is 0 Å². The number of ether oxygens (including phenoxy) is 1. The normalized spacial score (nSPS) is 27.3. The summed E-state index contributed by atoms with van der Waals surface area (Å²) in [5, 5.41) is 0.683. The SMILES string of the molecule is CCOC(=O)CSC1CCCC(C)C1. The van der Waals surface area contributed by atoms with Crippen LogP contribution in [-0.4, -0.2) is 23.6 Å². The van der Waals surface area contributed by atoms with Crippen LogP contribution in [0, 0.1) is 5.92 Å². The second kappa shape index (κ2) is 6.33. The molecule has 2 unspecified atom stereocenters. The Hall–Kier alpha value is -0.180. The van der Waals surface area contributed by atoms with Crippen molar-refractivity contribution in [1.29, 1.82) is 0 Å². The topological polar surface area (TPSA) is 26.3 Å². The molecule has 0 heterocycles. The van der Waals surface area contributed by atoms with Crippen LogP contribution in [0.1, 0.15) is 39.5 Å². The molecule has 0 radical (unpaired) electrons. The standard InChI is InChI=1S/C11H20O2S/c1-3-13-11(12)8-14-10-6-4-5-9(2)7-10/h9-10H,3-8H2,1-2H3. The molecule has 0 aromatic heterocycles. The van der Waals surface area contributed by atoms with Crippen LogP contribution in [0.25, 0.3) is 0 Å². The summed E-state index contributed by atoms with van der Waals surface area (Å²) < 4.78 is 4.90. The highest BCUT2D eigenvalue weighted by Crippen LogP contribution is 2.31. The minimum Gasteiger partial charge on any atom is -0.465 e. The zero-order valence-electron chi connectivity index (χ0n) is 9.12. The minimum atomic E-state index is -0.0595. The first-order chi connectivity index (χ1) is 6.72. The van der Waals surface area contributed by atoms with E-state index in [2.05, 4.69) is 6.92 Å². The molecule has 0 N–H and O–H groups in total. The largest absolute Gasteiger partial charge is 0.465 e. The first-order valence-corrected chi connectivity index (χ1v) is 6.54. The van der Waals surface area contributed by atoms with Crippen LogP contribution in [0.3, 0.4) is 0 Å². The van der Waals surface area contributed by atoms with E-state index in [0.717, 1.165) is 5.92 Å². The third-order valence-corrected chi connectivity index (χ3v) is 3.93. The van der Waals surface area contributed by atoms with E-state index in [1.165, 1.54) is 25.7 Å². The van der Waals surface area contributed by atoms with Gasteiger partial charge >= 0.3 is 5.97 Å². The van der Waals surface area contributed by atoms with Crippen molar-refractivity contribution in [3.8, 4) is 0 Å². The molecule has 1 rings (SSSR count). The quantitative estimate of drug-likeness (QED) is 0.676. The maximum absolute atomic E-state index is 11.1. The van der Waals surface area contributed by atoms with E-state index in [1.807, 2.05) is 6.92 Å². The summed E-state index contributed by atoms with van der Waals surface area (Å²) in [6, 6.07) is 0. The Morgan fingerprint density at radius 2 is 2.29 bits per heavy atom. The number of hydrogen-bond acceptors (Lipinski definition) is 3. The molecule has 0 aromatic rings. The first-order valence-electron chi connectivity index (χ1n) is 5.49. The van der Waals surface area contributed by atoms with Crippen molar-refractivity contribution >= 4 is 17.7 Å². The lowest BCUT2D eigenvalue weighted by molar-refractivity contribution is -0.139. The number of carbonyl (C=O) groups is 1. The Kier molecular flexibility index (Phi) is 5.38. The number of hydrogen-bond donors (Lipinski definition) is 0. The summed E-state index contributed by atoms with van der Waals surface area (Å²) in [6.07, 6.45) is 5.22. The zero-order valence-corrected chi connectivity index (χ0v) is 9.94. The van der Waals surface area contributed by atoms with E-state index in [0.29, 0.717) is 17.6 Å². The fourth-order valence-corrected chi connectivity index (χ4v) is 3.17. The fraction of sp³-hybridized carbons (Fsp3) is 0.909. The van der Waals surface area contributed by atoms with Crippen molar-refractivity contribution in [3.05, 3.63) is 0 Å². The van der Waals surface area contributed by atoms with Gasteiger partial charge in [-0.25, -0.2) is 0 Å². The molecule has 82 valence electrons. The predicted octanol–water partition coefficient (Wildman–Crippen LogP) is 2.86. The summed E-state index contributed by atoms with van der Waals surface area (Å²) in [5.41, 5.74) is 0. The van der Waals surface area contributed by atoms with Gasteiger partial charge in [0.05, 0.1) is 12.4 Å². The van der Waals surface area contributed by atoms with Crippen molar-refractivity contribution in [2.75, 3.05) is 12.4 Å². The van der Waals surface area contributed by atoms with Gasteiger partial charge in [-0.1, -0.05) is 19.8 Å². The van der Waals surface area contributed by atoms with Gasteiger partial charge in [0.15, 0.2) is 0 Å². The lowest BCUT2D eigenvalue weighted by atomic mass is 9.91. The Balaban J connectivity index is 2.14. The molecule has 0 aromatic carbocycles. The molecule has 1 aliphatic rings. The number of carbonyl (C=O) groups excluding carboxylic acids is 1. The Morgan fingerprint density at radius 3 is 2.93 bits per heavy atom. The molecule has 2 nitrogen and oxygen atoms in total. The van der Waals surface area contributed by atoms with E-state index in [-0.39, 0.29) is 5.97 Å². The third-order valence-electron chi connectivity index (χ3n) is 2.63. The van der Waals surface area contributed by atoms with E-state index >= 15 is 0 Å². The van der Waals surface area contributed by atoms with E-state index < -0.39 is 0 Å². The van der Waals surface area contributed by atoms with Crippen molar-refractivity contribution in [3.63, 3.8) is 0 Å². The van der Waals surface area contributed by atoms with Crippen molar-refractivity contribution < 1.29 is 9.53 Å². The van der Waals surface area contributed by atoms with Crippen molar-refractivity contribution in [2.24, 2.45) is 5.92 Å². The highest BCUT2D eigenvalue weighted by atomic mass is 32.2. The molecule has 3 heteroatoms. The summed E-state index contributed by atoms with van der Waals surface area (Å²) >= 11 is 1.77. The molecule has 0 saturated heterocycles.